The Morgan fingerprint density at radius 2 is 1.88 bits per heavy atom. The first-order chi connectivity index (χ1) is 11.8. The third-order valence-electron chi connectivity index (χ3n) is 4.44. The van der Waals surface area contributed by atoms with Gasteiger partial charge in [0.25, 0.3) is 0 Å². The van der Waals surface area contributed by atoms with Gasteiger partial charge in [0.2, 0.25) is 0 Å². The van der Waals surface area contributed by atoms with Gasteiger partial charge in [0.15, 0.2) is 0 Å². The number of piperazine rings is 1. The topological polar surface area (TPSA) is 33.7 Å². The van der Waals surface area contributed by atoms with Crippen LogP contribution in [0.25, 0.3) is 0 Å². The summed E-state index contributed by atoms with van der Waals surface area (Å²) in [7, 11) is 1.74. The van der Waals surface area contributed by atoms with Crippen LogP contribution in [0.2, 0.25) is 0 Å². The average Bonchev–Trinajstić information content (AvgIpc) is 2.64. The molecule has 0 aromatic heterocycles. The van der Waals surface area contributed by atoms with E-state index in [1.807, 2.05) is 25.1 Å². The van der Waals surface area contributed by atoms with Crippen LogP contribution in [0, 0.1) is 0 Å². The molecule has 1 saturated heterocycles. The lowest BCUT2D eigenvalue weighted by molar-refractivity contribution is 0.195. The zero-order valence-electron chi connectivity index (χ0n) is 14.5. The van der Waals surface area contributed by atoms with E-state index in [0.29, 0.717) is 6.61 Å². The molecule has 3 rings (SSSR count). The molecule has 1 aliphatic rings. The van der Waals surface area contributed by atoms with Gasteiger partial charge in [0.1, 0.15) is 11.5 Å². The van der Waals surface area contributed by atoms with Crippen molar-refractivity contribution in [1.82, 2.24) is 10.2 Å². The zero-order valence-corrected chi connectivity index (χ0v) is 14.5. The minimum Gasteiger partial charge on any atom is -0.496 e. The maximum absolute atomic E-state index is 5.71. The van der Waals surface area contributed by atoms with E-state index in [-0.39, 0.29) is 6.04 Å². The Bertz CT molecular complexity index is 654. The van der Waals surface area contributed by atoms with Crippen LogP contribution >= 0.6 is 0 Å². The fourth-order valence-electron chi connectivity index (χ4n) is 3.36. The van der Waals surface area contributed by atoms with Crippen LogP contribution in [0.4, 0.5) is 0 Å². The monoisotopic (exact) mass is 326 g/mol. The molecule has 2 aromatic carbocycles. The molecule has 0 bridgehead atoms. The minimum absolute atomic E-state index is 0.170. The van der Waals surface area contributed by atoms with Gasteiger partial charge >= 0.3 is 0 Å². The highest BCUT2D eigenvalue weighted by atomic mass is 16.5. The van der Waals surface area contributed by atoms with Crippen LogP contribution in [0.1, 0.15) is 24.1 Å². The Hall–Kier alpha value is -2.04. The highest BCUT2D eigenvalue weighted by molar-refractivity contribution is 5.43. The fraction of sp³-hybridized carbons (Fsp3) is 0.400. The summed E-state index contributed by atoms with van der Waals surface area (Å²) >= 11 is 0. The molecule has 0 saturated carbocycles. The summed E-state index contributed by atoms with van der Waals surface area (Å²) in [6, 6.07) is 16.9. The molecule has 0 radical (unpaired) electrons. The highest BCUT2D eigenvalue weighted by Crippen LogP contribution is 2.35. The molecule has 128 valence electrons. The van der Waals surface area contributed by atoms with Gasteiger partial charge in [-0.25, -0.2) is 0 Å². The molecule has 1 unspecified atom stereocenters. The Kier molecular flexibility index (Phi) is 5.72. The lowest BCUT2D eigenvalue weighted by Crippen LogP contribution is -2.45. The van der Waals surface area contributed by atoms with E-state index < -0.39 is 0 Å². The third kappa shape index (κ3) is 3.71. The largest absolute Gasteiger partial charge is 0.496 e. The van der Waals surface area contributed by atoms with Gasteiger partial charge in [-0.2, -0.15) is 0 Å². The van der Waals surface area contributed by atoms with Crippen LogP contribution in [0.3, 0.4) is 0 Å². The summed E-state index contributed by atoms with van der Waals surface area (Å²) in [4.78, 5) is 2.51. The molecule has 0 aliphatic carbocycles. The van der Waals surface area contributed by atoms with Crippen LogP contribution in [0.5, 0.6) is 11.5 Å². The van der Waals surface area contributed by atoms with Crippen molar-refractivity contribution in [3.8, 4) is 11.5 Å². The molecule has 0 amide bonds. The molecular formula is C20H26N2O2. The predicted molar refractivity (Wildman–Crippen MR) is 96.9 cm³/mol. The lowest BCUT2D eigenvalue weighted by atomic mass is 9.95. The van der Waals surface area contributed by atoms with Gasteiger partial charge in [0, 0.05) is 31.7 Å². The predicted octanol–water partition coefficient (Wildman–Crippen LogP) is 3.09. The quantitative estimate of drug-likeness (QED) is 0.884. The number of nitrogens with one attached hydrogen (secondary N) is 1. The zero-order chi connectivity index (χ0) is 16.8. The summed E-state index contributed by atoms with van der Waals surface area (Å²) in [6.45, 7) is 6.74. The molecule has 0 spiro atoms. The molecule has 1 heterocycles. The number of nitrogens with zero attached hydrogens (tertiary/aromatic N) is 1. The maximum Gasteiger partial charge on any atom is 0.123 e. The number of hydrogen-bond donors (Lipinski definition) is 1. The first-order valence-corrected chi connectivity index (χ1v) is 8.64. The summed E-state index contributed by atoms with van der Waals surface area (Å²) in [5, 5.41) is 3.44. The summed E-state index contributed by atoms with van der Waals surface area (Å²) in [6.07, 6.45) is 0. The minimum atomic E-state index is 0.170. The van der Waals surface area contributed by atoms with Gasteiger partial charge in [-0.05, 0) is 30.7 Å². The number of rotatable bonds is 6. The molecule has 1 N–H and O–H groups in total. The van der Waals surface area contributed by atoms with Crippen LogP contribution in [0.15, 0.2) is 48.5 Å². The van der Waals surface area contributed by atoms with E-state index in [1.54, 1.807) is 7.11 Å². The van der Waals surface area contributed by atoms with E-state index in [4.69, 9.17) is 9.47 Å². The number of ether oxygens (including phenoxy) is 2. The summed E-state index contributed by atoms with van der Waals surface area (Å²) in [5.74, 6) is 1.85. The Morgan fingerprint density at radius 3 is 2.62 bits per heavy atom. The maximum atomic E-state index is 5.71. The van der Waals surface area contributed by atoms with Crippen molar-refractivity contribution in [2.45, 2.75) is 13.0 Å². The van der Waals surface area contributed by atoms with Gasteiger partial charge < -0.3 is 14.8 Å². The molecule has 1 fully saturated rings. The standard InChI is InChI=1S/C20H26N2O2/c1-3-24-17-8-6-7-16(15-17)20(22-13-11-21-12-14-22)18-9-4-5-10-19(18)23-2/h4-10,15,20-21H,3,11-14H2,1-2H3. The fourth-order valence-corrected chi connectivity index (χ4v) is 3.36. The average molecular weight is 326 g/mol. The summed E-state index contributed by atoms with van der Waals surface area (Å²) in [5.41, 5.74) is 2.45. The molecular weight excluding hydrogens is 300 g/mol. The Morgan fingerprint density at radius 1 is 1.08 bits per heavy atom. The van der Waals surface area contributed by atoms with E-state index in [9.17, 15) is 0 Å². The summed E-state index contributed by atoms with van der Waals surface area (Å²) < 4.78 is 11.4. The second-order valence-electron chi connectivity index (χ2n) is 5.94. The first kappa shape index (κ1) is 16.8. The SMILES string of the molecule is CCOc1cccc(C(c2ccccc2OC)N2CCNCC2)c1. The van der Waals surface area contributed by atoms with E-state index in [0.717, 1.165) is 37.7 Å². The number of methoxy groups -OCH3 is 1. The second-order valence-corrected chi connectivity index (χ2v) is 5.94. The van der Waals surface area contributed by atoms with Crippen molar-refractivity contribution in [3.05, 3.63) is 59.7 Å². The molecule has 4 heteroatoms. The Labute approximate surface area is 144 Å². The molecule has 4 nitrogen and oxygen atoms in total. The van der Waals surface area contributed by atoms with Crippen molar-refractivity contribution in [2.24, 2.45) is 0 Å². The Balaban J connectivity index is 2.03. The van der Waals surface area contributed by atoms with E-state index >= 15 is 0 Å². The van der Waals surface area contributed by atoms with Gasteiger partial charge in [-0.15, -0.1) is 0 Å². The van der Waals surface area contributed by atoms with Crippen molar-refractivity contribution < 1.29 is 9.47 Å². The number of para-hydroxylation sites is 1. The normalized spacial score (nSPS) is 16.6. The van der Waals surface area contributed by atoms with Gasteiger partial charge in [0.05, 0.1) is 19.8 Å². The van der Waals surface area contributed by atoms with Crippen molar-refractivity contribution in [2.75, 3.05) is 39.9 Å². The second kappa shape index (κ2) is 8.18. The molecule has 2 aromatic rings. The molecule has 24 heavy (non-hydrogen) atoms. The van der Waals surface area contributed by atoms with E-state index in [1.165, 1.54) is 11.1 Å². The van der Waals surface area contributed by atoms with Gasteiger partial charge in [-0.1, -0.05) is 30.3 Å². The third-order valence-corrected chi connectivity index (χ3v) is 4.44. The van der Waals surface area contributed by atoms with Crippen LogP contribution in [-0.2, 0) is 0 Å². The number of benzene rings is 2. The molecule has 1 atom stereocenters. The number of hydrogen-bond acceptors (Lipinski definition) is 4. The van der Waals surface area contributed by atoms with Gasteiger partial charge in [-0.3, -0.25) is 4.90 Å². The highest BCUT2D eigenvalue weighted by Gasteiger charge is 2.26. The smallest absolute Gasteiger partial charge is 0.123 e. The van der Waals surface area contributed by atoms with E-state index in [2.05, 4.69) is 40.5 Å². The van der Waals surface area contributed by atoms with Crippen molar-refractivity contribution in [3.63, 3.8) is 0 Å². The molecule has 1 aliphatic heterocycles. The van der Waals surface area contributed by atoms with Crippen molar-refractivity contribution >= 4 is 0 Å². The van der Waals surface area contributed by atoms with Crippen molar-refractivity contribution in [1.29, 1.82) is 0 Å². The first-order valence-electron chi connectivity index (χ1n) is 8.64. The van der Waals surface area contributed by atoms with Crippen LogP contribution in [-0.4, -0.2) is 44.8 Å². The lowest BCUT2D eigenvalue weighted by Gasteiger charge is -2.36. The van der Waals surface area contributed by atoms with Crippen LogP contribution < -0.4 is 14.8 Å².